The van der Waals surface area contributed by atoms with E-state index in [0.29, 0.717) is 0 Å². The molecule has 0 aliphatic carbocycles. The van der Waals surface area contributed by atoms with Gasteiger partial charge in [-0.15, -0.1) is 0 Å². The van der Waals surface area contributed by atoms with Gasteiger partial charge < -0.3 is 18.9 Å². The van der Waals surface area contributed by atoms with Crippen molar-refractivity contribution in [3.8, 4) is 0 Å². The summed E-state index contributed by atoms with van der Waals surface area (Å²) in [6.45, 7) is 20.7. The van der Waals surface area contributed by atoms with Crippen LogP contribution in [-0.2, 0) is 38.1 Å². The van der Waals surface area contributed by atoms with E-state index in [1.807, 2.05) is 0 Å². The Morgan fingerprint density at radius 1 is 0.613 bits per heavy atom. The normalized spacial score (nSPS) is 11.5. The van der Waals surface area contributed by atoms with Gasteiger partial charge >= 0.3 is 23.9 Å². The largest absolute Gasteiger partial charge is 0.462 e. The highest BCUT2D eigenvalue weighted by Gasteiger charge is 2.42. The zero-order chi connectivity index (χ0) is 24.4. The molecule has 8 nitrogen and oxygen atoms in total. The number of hydrogen-bond donors (Lipinski definition) is 0. The summed E-state index contributed by atoms with van der Waals surface area (Å²) >= 11 is 0. The molecule has 0 radical (unpaired) electrons. The summed E-state index contributed by atoms with van der Waals surface area (Å²) in [4.78, 5) is 47.8. The lowest BCUT2D eigenvalue weighted by atomic mass is 9.78. The Morgan fingerprint density at radius 2 is 0.871 bits per heavy atom. The van der Waals surface area contributed by atoms with E-state index in [0.717, 1.165) is 0 Å². The van der Waals surface area contributed by atoms with Crippen molar-refractivity contribution in [1.82, 2.24) is 0 Å². The lowest BCUT2D eigenvalue weighted by Gasteiger charge is -2.37. The number of esters is 4. The van der Waals surface area contributed by atoms with Gasteiger partial charge in [0, 0.05) is 28.2 Å². The first-order chi connectivity index (χ1) is 14.2. The van der Waals surface area contributed by atoms with Crippen LogP contribution in [0.3, 0.4) is 0 Å². The molecule has 0 fully saturated rings. The van der Waals surface area contributed by atoms with Crippen LogP contribution in [0, 0.1) is 11.3 Å². The molecule has 0 aromatic rings. The van der Waals surface area contributed by atoms with Crippen molar-refractivity contribution in [1.29, 1.82) is 0 Å². The van der Waals surface area contributed by atoms with Gasteiger partial charge in [0.05, 0.1) is 12.0 Å². The first-order valence-corrected chi connectivity index (χ1v) is 9.54. The SMILES string of the molecule is C=C(C)C(=O)OCC(C)C(COC(=O)C(=C)C)(COC(=O)C(=C)C)COC(=O)C(=C)C. The second kappa shape index (κ2) is 12.5. The first-order valence-electron chi connectivity index (χ1n) is 9.54. The number of ether oxygens (including phenoxy) is 4. The summed E-state index contributed by atoms with van der Waals surface area (Å²) in [5.41, 5.74) is -0.542. The predicted octanol–water partition coefficient (Wildman–Crippen LogP) is 3.09. The van der Waals surface area contributed by atoms with Crippen LogP contribution >= 0.6 is 0 Å². The van der Waals surface area contributed by atoms with E-state index in [9.17, 15) is 19.2 Å². The molecule has 8 heteroatoms. The Bertz CT molecular complexity index is 700. The standard InChI is InChI=1S/C23H32O8/c1-14(2)19(24)28-10-18(9)23(11-29-20(25)15(3)4,12-30-21(26)16(5)6)13-31-22(27)17(7)8/h18H,1,3,5,7,10-13H2,2,4,6,8-9H3. The molecule has 0 heterocycles. The summed E-state index contributed by atoms with van der Waals surface area (Å²) in [5.74, 6) is -3.20. The van der Waals surface area contributed by atoms with Crippen molar-refractivity contribution >= 4 is 23.9 Å². The summed E-state index contributed by atoms with van der Waals surface area (Å²) < 4.78 is 21.1. The van der Waals surface area contributed by atoms with Gasteiger partial charge in [0.2, 0.25) is 0 Å². The van der Waals surface area contributed by atoms with E-state index in [4.69, 9.17) is 18.9 Å². The van der Waals surface area contributed by atoms with E-state index in [1.54, 1.807) is 6.92 Å². The van der Waals surface area contributed by atoms with Gasteiger partial charge in [0.15, 0.2) is 0 Å². The molecule has 0 aromatic carbocycles. The molecule has 0 aromatic heterocycles. The molecule has 0 N–H and O–H groups in total. The van der Waals surface area contributed by atoms with Gasteiger partial charge in [-0.1, -0.05) is 33.2 Å². The lowest BCUT2D eigenvalue weighted by Crippen LogP contribution is -2.46. The average molecular weight is 437 g/mol. The van der Waals surface area contributed by atoms with Crippen molar-refractivity contribution in [2.45, 2.75) is 34.6 Å². The average Bonchev–Trinajstić information content (AvgIpc) is 2.69. The fourth-order valence-corrected chi connectivity index (χ4v) is 2.05. The molecule has 0 aliphatic rings. The third-order valence-corrected chi connectivity index (χ3v) is 4.38. The molecule has 0 spiro atoms. The fraction of sp³-hybridized carbons (Fsp3) is 0.478. The predicted molar refractivity (Wildman–Crippen MR) is 115 cm³/mol. The molecule has 1 atom stereocenters. The molecule has 0 aliphatic heterocycles. The quantitative estimate of drug-likeness (QED) is 0.246. The van der Waals surface area contributed by atoms with Gasteiger partial charge in [-0.2, -0.15) is 0 Å². The van der Waals surface area contributed by atoms with Crippen LogP contribution < -0.4 is 0 Å². The van der Waals surface area contributed by atoms with Crippen molar-refractivity contribution in [3.63, 3.8) is 0 Å². The third-order valence-electron chi connectivity index (χ3n) is 4.38. The maximum atomic E-state index is 12.0. The minimum atomic E-state index is -1.23. The summed E-state index contributed by atoms with van der Waals surface area (Å²) in [6, 6.07) is 0. The van der Waals surface area contributed by atoms with Crippen molar-refractivity contribution in [3.05, 3.63) is 48.6 Å². The monoisotopic (exact) mass is 436 g/mol. The van der Waals surface area contributed by atoms with Crippen LogP contribution in [0.2, 0.25) is 0 Å². The van der Waals surface area contributed by atoms with Crippen LogP contribution in [0.25, 0.3) is 0 Å². The summed E-state index contributed by atoms with van der Waals surface area (Å²) in [7, 11) is 0. The highest BCUT2D eigenvalue weighted by molar-refractivity contribution is 5.88. The second-order valence-electron chi connectivity index (χ2n) is 7.71. The number of carbonyl (C=O) groups is 4. The topological polar surface area (TPSA) is 105 Å². The van der Waals surface area contributed by atoms with Gasteiger partial charge in [0.25, 0.3) is 0 Å². The lowest BCUT2D eigenvalue weighted by molar-refractivity contribution is -0.166. The van der Waals surface area contributed by atoms with E-state index < -0.39 is 35.2 Å². The van der Waals surface area contributed by atoms with Crippen LogP contribution in [0.5, 0.6) is 0 Å². The minimum absolute atomic E-state index is 0.133. The van der Waals surface area contributed by atoms with E-state index >= 15 is 0 Å². The van der Waals surface area contributed by atoms with Gasteiger partial charge in [-0.3, -0.25) is 0 Å². The van der Waals surface area contributed by atoms with Crippen LogP contribution in [-0.4, -0.2) is 50.3 Å². The Morgan fingerprint density at radius 3 is 1.13 bits per heavy atom. The number of carbonyl (C=O) groups excluding carboxylic acids is 4. The van der Waals surface area contributed by atoms with Crippen LogP contribution in [0.15, 0.2) is 48.6 Å². The third kappa shape index (κ3) is 9.46. The highest BCUT2D eigenvalue weighted by atomic mass is 16.6. The molecule has 0 saturated carbocycles. The zero-order valence-corrected chi connectivity index (χ0v) is 19.0. The Labute approximate surface area is 183 Å². The van der Waals surface area contributed by atoms with E-state index in [1.165, 1.54) is 27.7 Å². The molecule has 0 amide bonds. The second-order valence-corrected chi connectivity index (χ2v) is 7.71. The van der Waals surface area contributed by atoms with E-state index in [2.05, 4.69) is 26.3 Å². The molecule has 1 unspecified atom stereocenters. The molecular weight excluding hydrogens is 404 g/mol. The number of hydrogen-bond acceptors (Lipinski definition) is 8. The molecule has 0 bridgehead atoms. The smallest absolute Gasteiger partial charge is 0.333 e. The van der Waals surface area contributed by atoms with Crippen molar-refractivity contribution < 1.29 is 38.1 Å². The van der Waals surface area contributed by atoms with Gasteiger partial charge in [-0.25, -0.2) is 19.2 Å². The maximum Gasteiger partial charge on any atom is 0.333 e. The Balaban J connectivity index is 5.89. The molecule has 0 saturated heterocycles. The molecule has 0 rings (SSSR count). The summed E-state index contributed by atoms with van der Waals surface area (Å²) in [6.07, 6.45) is 0. The molecular formula is C23H32O8. The number of rotatable bonds is 13. The van der Waals surface area contributed by atoms with Gasteiger partial charge in [-0.05, 0) is 27.7 Å². The molecule has 172 valence electrons. The first kappa shape index (κ1) is 27.8. The van der Waals surface area contributed by atoms with Crippen LogP contribution in [0.4, 0.5) is 0 Å². The van der Waals surface area contributed by atoms with Crippen molar-refractivity contribution in [2.24, 2.45) is 11.3 Å². The highest BCUT2D eigenvalue weighted by Crippen LogP contribution is 2.31. The Hall–Kier alpha value is -3.16. The van der Waals surface area contributed by atoms with Crippen LogP contribution in [0.1, 0.15) is 34.6 Å². The zero-order valence-electron chi connectivity index (χ0n) is 19.0. The van der Waals surface area contributed by atoms with E-state index in [-0.39, 0.29) is 48.7 Å². The Kier molecular flexibility index (Phi) is 11.2. The summed E-state index contributed by atoms with van der Waals surface area (Å²) in [5, 5.41) is 0. The maximum absolute atomic E-state index is 12.0. The van der Waals surface area contributed by atoms with Gasteiger partial charge in [0.1, 0.15) is 19.8 Å². The molecule has 31 heavy (non-hydrogen) atoms. The fourth-order valence-electron chi connectivity index (χ4n) is 2.05. The minimum Gasteiger partial charge on any atom is -0.462 e. The van der Waals surface area contributed by atoms with Crippen molar-refractivity contribution in [2.75, 3.05) is 26.4 Å².